The Labute approximate surface area is 131 Å². The molecule has 9 heteroatoms. The quantitative estimate of drug-likeness (QED) is 0.388. The predicted molar refractivity (Wildman–Crippen MR) is 82.4 cm³/mol. The van der Waals surface area contributed by atoms with Crippen LogP contribution in [0.5, 0.6) is 11.5 Å². The topological polar surface area (TPSA) is 96.1 Å². The number of nitro groups is 1. The smallest absolute Gasteiger partial charge is 0.276 e. The maximum atomic E-state index is 12.1. The van der Waals surface area contributed by atoms with Crippen molar-refractivity contribution in [3.05, 3.63) is 33.5 Å². The molecule has 0 bridgehead atoms. The standard InChI is InChI=1S/C13H13N3O5S/c1-14-9(12(18)15(2)13(14)22)5-7-4-8(16(19)20)6-10(21-3)11(7)17/h4-6,17H,1-3H3. The molecule has 1 N–H and O–H groups in total. The molecule has 1 aliphatic heterocycles. The van der Waals surface area contributed by atoms with Gasteiger partial charge in [-0.25, -0.2) is 0 Å². The van der Waals surface area contributed by atoms with E-state index in [-0.39, 0.29) is 34.4 Å². The van der Waals surface area contributed by atoms with Gasteiger partial charge in [-0.15, -0.1) is 0 Å². The molecular weight excluding hydrogens is 310 g/mol. The van der Waals surface area contributed by atoms with E-state index in [9.17, 15) is 20.0 Å². The molecule has 8 nitrogen and oxygen atoms in total. The van der Waals surface area contributed by atoms with Crippen LogP contribution in [0.25, 0.3) is 6.08 Å². The van der Waals surface area contributed by atoms with Gasteiger partial charge in [0.25, 0.3) is 11.6 Å². The lowest BCUT2D eigenvalue weighted by atomic mass is 10.1. The van der Waals surface area contributed by atoms with Crippen molar-refractivity contribution >= 4 is 35.0 Å². The van der Waals surface area contributed by atoms with E-state index in [0.29, 0.717) is 5.11 Å². The number of phenols is 1. The number of likely N-dealkylation sites (N-methyl/N-ethyl adjacent to an activating group) is 2. The molecular formula is C13H13N3O5S. The number of methoxy groups -OCH3 is 1. The summed E-state index contributed by atoms with van der Waals surface area (Å²) in [5.41, 5.74) is 0.0373. The number of non-ortho nitro benzene ring substituents is 1. The zero-order chi connectivity index (χ0) is 16.6. The normalized spacial score (nSPS) is 16.6. The highest BCUT2D eigenvalue weighted by Gasteiger charge is 2.33. The van der Waals surface area contributed by atoms with Crippen LogP contribution in [0.2, 0.25) is 0 Å². The Morgan fingerprint density at radius 3 is 2.45 bits per heavy atom. The van der Waals surface area contributed by atoms with E-state index in [2.05, 4.69) is 0 Å². The van der Waals surface area contributed by atoms with Crippen molar-refractivity contribution in [3.63, 3.8) is 0 Å². The largest absolute Gasteiger partial charge is 0.504 e. The molecule has 0 radical (unpaired) electrons. The van der Waals surface area contributed by atoms with Gasteiger partial charge in [0.15, 0.2) is 16.6 Å². The molecule has 0 spiro atoms. The summed E-state index contributed by atoms with van der Waals surface area (Å²) in [6.07, 6.45) is 1.34. The van der Waals surface area contributed by atoms with Gasteiger partial charge in [0.2, 0.25) is 0 Å². The van der Waals surface area contributed by atoms with Crippen LogP contribution in [0, 0.1) is 10.1 Å². The molecule has 0 unspecified atom stereocenters. The maximum absolute atomic E-state index is 12.1. The Balaban J connectivity index is 2.60. The average molecular weight is 323 g/mol. The minimum Gasteiger partial charge on any atom is -0.504 e. The minimum absolute atomic E-state index is 0.0509. The number of nitrogens with zero attached hydrogens (tertiary/aromatic N) is 3. The lowest BCUT2D eigenvalue weighted by Crippen LogP contribution is -2.26. The van der Waals surface area contributed by atoms with Crippen LogP contribution in [0.4, 0.5) is 5.69 Å². The first-order valence-electron chi connectivity index (χ1n) is 6.10. The van der Waals surface area contributed by atoms with Crippen LogP contribution in [-0.2, 0) is 4.79 Å². The zero-order valence-corrected chi connectivity index (χ0v) is 12.9. The monoisotopic (exact) mass is 323 g/mol. The van der Waals surface area contributed by atoms with E-state index in [1.807, 2.05) is 0 Å². The van der Waals surface area contributed by atoms with Crippen LogP contribution >= 0.6 is 12.2 Å². The van der Waals surface area contributed by atoms with Crippen LogP contribution in [0.15, 0.2) is 17.8 Å². The van der Waals surface area contributed by atoms with Crippen LogP contribution < -0.4 is 4.74 Å². The summed E-state index contributed by atoms with van der Waals surface area (Å²) < 4.78 is 4.92. The number of hydrogen-bond acceptors (Lipinski definition) is 6. The second kappa shape index (κ2) is 5.60. The van der Waals surface area contributed by atoms with Gasteiger partial charge in [0.05, 0.1) is 18.1 Å². The Morgan fingerprint density at radius 2 is 2.00 bits per heavy atom. The summed E-state index contributed by atoms with van der Waals surface area (Å²) in [4.78, 5) is 25.2. The van der Waals surface area contributed by atoms with Crippen LogP contribution in [-0.4, -0.2) is 52.1 Å². The Hall–Kier alpha value is -2.68. The minimum atomic E-state index is -0.610. The number of ether oxygens (including phenoxy) is 1. The highest BCUT2D eigenvalue weighted by Crippen LogP contribution is 2.36. The number of aromatic hydroxyl groups is 1. The molecule has 22 heavy (non-hydrogen) atoms. The fourth-order valence-corrected chi connectivity index (χ4v) is 2.20. The Morgan fingerprint density at radius 1 is 1.36 bits per heavy atom. The van der Waals surface area contributed by atoms with Gasteiger partial charge in [0, 0.05) is 25.7 Å². The van der Waals surface area contributed by atoms with Crippen LogP contribution in [0.3, 0.4) is 0 Å². The molecule has 0 aliphatic carbocycles. The van der Waals surface area contributed by atoms with Crippen molar-refractivity contribution in [2.45, 2.75) is 0 Å². The first-order chi connectivity index (χ1) is 10.3. The SMILES string of the molecule is COc1cc([N+](=O)[O-])cc(C=C2C(=O)N(C)C(=S)N2C)c1O. The van der Waals surface area contributed by atoms with Crippen molar-refractivity contribution in [3.8, 4) is 11.5 Å². The van der Waals surface area contributed by atoms with Gasteiger partial charge >= 0.3 is 0 Å². The number of amides is 1. The number of thiocarbonyl (C=S) groups is 1. The number of nitro benzene ring substituents is 1. The van der Waals surface area contributed by atoms with E-state index in [1.165, 1.54) is 30.0 Å². The van der Waals surface area contributed by atoms with Crippen molar-refractivity contribution in [1.82, 2.24) is 9.80 Å². The van der Waals surface area contributed by atoms with E-state index >= 15 is 0 Å². The molecule has 1 aliphatic rings. The van der Waals surface area contributed by atoms with Crippen molar-refractivity contribution in [2.75, 3.05) is 21.2 Å². The average Bonchev–Trinajstić information content (AvgIpc) is 2.66. The fraction of sp³-hybridized carbons (Fsp3) is 0.231. The molecule has 0 saturated carbocycles. The third-order valence-corrected chi connectivity index (χ3v) is 3.82. The summed E-state index contributed by atoms with van der Waals surface area (Å²) in [6.45, 7) is 0. The van der Waals surface area contributed by atoms with Gasteiger partial charge in [-0.2, -0.15) is 0 Å². The fourth-order valence-electron chi connectivity index (χ4n) is 2.02. The second-order valence-electron chi connectivity index (χ2n) is 4.58. The molecule has 0 atom stereocenters. The number of rotatable bonds is 3. The molecule has 1 aromatic rings. The summed E-state index contributed by atoms with van der Waals surface area (Å²) in [5.74, 6) is -0.704. The van der Waals surface area contributed by atoms with E-state index in [0.717, 1.165) is 12.1 Å². The summed E-state index contributed by atoms with van der Waals surface area (Å²) in [6, 6.07) is 2.27. The molecule has 116 valence electrons. The van der Waals surface area contributed by atoms with E-state index in [1.54, 1.807) is 7.05 Å². The lowest BCUT2D eigenvalue weighted by Gasteiger charge is -2.11. The zero-order valence-electron chi connectivity index (χ0n) is 12.1. The third kappa shape index (κ3) is 2.46. The molecule has 2 rings (SSSR count). The van der Waals surface area contributed by atoms with Gasteiger partial charge < -0.3 is 14.7 Å². The van der Waals surface area contributed by atoms with E-state index < -0.39 is 4.92 Å². The maximum Gasteiger partial charge on any atom is 0.276 e. The molecule has 1 amide bonds. The van der Waals surface area contributed by atoms with Gasteiger partial charge in [-0.3, -0.25) is 19.8 Å². The van der Waals surface area contributed by atoms with Crippen LogP contribution in [0.1, 0.15) is 5.56 Å². The van der Waals surface area contributed by atoms with Crippen molar-refractivity contribution in [1.29, 1.82) is 0 Å². The third-order valence-electron chi connectivity index (χ3n) is 3.27. The van der Waals surface area contributed by atoms with Gasteiger partial charge in [-0.05, 0) is 18.3 Å². The number of benzene rings is 1. The summed E-state index contributed by atoms with van der Waals surface area (Å²) in [7, 11) is 4.41. The molecule has 0 aromatic heterocycles. The first-order valence-corrected chi connectivity index (χ1v) is 6.51. The number of hydrogen-bond donors (Lipinski definition) is 1. The number of phenolic OH excluding ortho intramolecular Hbond substituents is 1. The van der Waals surface area contributed by atoms with Gasteiger partial charge in [0.1, 0.15) is 5.70 Å². The lowest BCUT2D eigenvalue weighted by molar-refractivity contribution is -0.385. The predicted octanol–water partition coefficient (Wildman–Crippen LogP) is 1.34. The Kier molecular flexibility index (Phi) is 4.00. The van der Waals surface area contributed by atoms with Crippen molar-refractivity contribution < 1.29 is 19.6 Å². The Bertz CT molecular complexity index is 716. The summed E-state index contributed by atoms with van der Waals surface area (Å²) >= 11 is 5.08. The second-order valence-corrected chi connectivity index (χ2v) is 4.94. The van der Waals surface area contributed by atoms with E-state index in [4.69, 9.17) is 17.0 Å². The first kappa shape index (κ1) is 15.7. The highest BCUT2D eigenvalue weighted by atomic mass is 32.1. The van der Waals surface area contributed by atoms with Gasteiger partial charge in [-0.1, -0.05) is 0 Å². The molecule has 1 aromatic carbocycles. The molecule has 1 heterocycles. The number of carbonyl (C=O) groups excluding carboxylic acids is 1. The molecule has 1 saturated heterocycles. The number of carbonyl (C=O) groups is 1. The van der Waals surface area contributed by atoms with Crippen molar-refractivity contribution in [2.24, 2.45) is 0 Å². The molecule has 1 fully saturated rings. The highest BCUT2D eigenvalue weighted by molar-refractivity contribution is 7.80. The summed E-state index contributed by atoms with van der Waals surface area (Å²) in [5, 5.41) is 21.3.